The smallest absolute Gasteiger partial charge is 0.161 e. The maximum Gasteiger partial charge on any atom is 0.161 e. The third kappa shape index (κ3) is 3.26. The Morgan fingerprint density at radius 1 is 1.21 bits per heavy atom. The Morgan fingerprint density at radius 3 is 2.75 bits per heavy atom. The number of ether oxygens (including phenoxy) is 1. The van der Waals surface area contributed by atoms with Crippen LogP contribution in [0.25, 0.3) is 22.6 Å². The van der Waals surface area contributed by atoms with Crippen LogP contribution in [-0.4, -0.2) is 34.4 Å². The summed E-state index contributed by atoms with van der Waals surface area (Å²) in [6.07, 6.45) is 5.32. The number of hydrogen-bond acceptors (Lipinski definition) is 5. The van der Waals surface area contributed by atoms with Crippen LogP contribution in [0.1, 0.15) is 17.2 Å². The van der Waals surface area contributed by atoms with Gasteiger partial charge in [0.25, 0.3) is 0 Å². The van der Waals surface area contributed by atoms with Gasteiger partial charge in [-0.25, -0.2) is 9.37 Å². The number of aromatic amines is 1. The molecule has 7 heteroatoms. The summed E-state index contributed by atoms with van der Waals surface area (Å²) in [5.74, 6) is 0.909. The third-order valence-corrected chi connectivity index (χ3v) is 4.72. The number of hydrogen-bond donors (Lipinski definition) is 2. The average Bonchev–Trinajstić information content (AvgIpc) is 3.16. The number of aromatic nitrogens is 3. The van der Waals surface area contributed by atoms with Gasteiger partial charge in [-0.2, -0.15) is 0 Å². The fraction of sp³-hybridized carbons (Fsp3) is 0.190. The van der Waals surface area contributed by atoms with Crippen molar-refractivity contribution in [1.82, 2.24) is 15.0 Å². The van der Waals surface area contributed by atoms with Crippen molar-refractivity contribution in [3.63, 3.8) is 0 Å². The highest BCUT2D eigenvalue weighted by Gasteiger charge is 2.25. The van der Waals surface area contributed by atoms with Gasteiger partial charge in [-0.15, -0.1) is 0 Å². The minimum atomic E-state index is -0.328. The fourth-order valence-corrected chi connectivity index (χ4v) is 3.28. The highest BCUT2D eigenvalue weighted by molar-refractivity contribution is 5.96. The van der Waals surface area contributed by atoms with Gasteiger partial charge in [0.05, 0.1) is 30.6 Å². The Hall–Kier alpha value is -3.48. The molecule has 1 aromatic carbocycles. The highest BCUT2D eigenvalue weighted by atomic mass is 19.1. The van der Waals surface area contributed by atoms with Crippen molar-refractivity contribution in [3.05, 3.63) is 71.6 Å². The van der Waals surface area contributed by atoms with Crippen molar-refractivity contribution in [2.24, 2.45) is 10.7 Å². The molecule has 1 unspecified atom stereocenters. The van der Waals surface area contributed by atoms with E-state index in [1.807, 2.05) is 25.1 Å². The first-order valence-electron chi connectivity index (χ1n) is 8.89. The van der Waals surface area contributed by atoms with Crippen LogP contribution in [0.3, 0.4) is 0 Å². The van der Waals surface area contributed by atoms with Gasteiger partial charge in [-0.05, 0) is 37.3 Å². The summed E-state index contributed by atoms with van der Waals surface area (Å²) in [5.41, 5.74) is 9.71. The Bertz CT molecular complexity index is 1070. The minimum absolute atomic E-state index is 0.125. The van der Waals surface area contributed by atoms with Gasteiger partial charge in [0.1, 0.15) is 11.6 Å². The quantitative estimate of drug-likeness (QED) is 0.727. The summed E-state index contributed by atoms with van der Waals surface area (Å²) in [4.78, 5) is 16.5. The average molecular weight is 377 g/mol. The maximum atomic E-state index is 14.5. The number of nitrogens with two attached hydrogens (primary N) is 1. The molecule has 6 nitrogen and oxygen atoms in total. The summed E-state index contributed by atoms with van der Waals surface area (Å²) in [6.45, 7) is 2.37. The van der Waals surface area contributed by atoms with E-state index >= 15 is 0 Å². The number of amidine groups is 1. The molecule has 3 heterocycles. The van der Waals surface area contributed by atoms with Crippen LogP contribution < -0.4 is 5.73 Å². The van der Waals surface area contributed by atoms with Gasteiger partial charge in [0, 0.05) is 23.9 Å². The second-order valence-corrected chi connectivity index (χ2v) is 6.63. The van der Waals surface area contributed by atoms with Crippen molar-refractivity contribution < 1.29 is 9.13 Å². The van der Waals surface area contributed by atoms with E-state index in [2.05, 4.69) is 15.0 Å². The molecule has 3 N–H and O–H groups in total. The molecule has 0 fully saturated rings. The first-order chi connectivity index (χ1) is 13.6. The van der Waals surface area contributed by atoms with E-state index in [1.54, 1.807) is 31.6 Å². The lowest BCUT2D eigenvalue weighted by molar-refractivity contribution is 0.309. The number of nitrogens with zero attached hydrogens (tertiary/aromatic N) is 3. The molecule has 0 radical (unpaired) electrons. The molecular formula is C21H20FN5O. The van der Waals surface area contributed by atoms with E-state index in [4.69, 9.17) is 15.5 Å². The number of H-pyrrole nitrogens is 1. The molecule has 4 rings (SSSR count). The second kappa shape index (κ2) is 7.26. The first-order valence-corrected chi connectivity index (χ1v) is 8.89. The second-order valence-electron chi connectivity index (χ2n) is 6.63. The number of benzene rings is 1. The lowest BCUT2D eigenvalue weighted by Gasteiger charge is -2.18. The molecule has 28 heavy (non-hydrogen) atoms. The fourth-order valence-electron chi connectivity index (χ4n) is 3.28. The molecule has 1 aliphatic rings. The summed E-state index contributed by atoms with van der Waals surface area (Å²) in [5, 5.41) is 0. The molecular weight excluding hydrogens is 357 g/mol. The van der Waals surface area contributed by atoms with E-state index in [0.29, 0.717) is 29.5 Å². The number of aliphatic imine (C=N–C) groups is 1. The maximum absolute atomic E-state index is 14.5. The van der Waals surface area contributed by atoms with Crippen LogP contribution in [0.2, 0.25) is 0 Å². The number of dihydropyridines is 1. The molecule has 0 saturated carbocycles. The van der Waals surface area contributed by atoms with Gasteiger partial charge < -0.3 is 15.5 Å². The summed E-state index contributed by atoms with van der Waals surface area (Å²) < 4.78 is 19.8. The van der Waals surface area contributed by atoms with Crippen LogP contribution in [-0.2, 0) is 4.74 Å². The van der Waals surface area contributed by atoms with E-state index in [9.17, 15) is 4.39 Å². The van der Waals surface area contributed by atoms with Crippen LogP contribution in [0, 0.1) is 12.7 Å². The predicted molar refractivity (Wildman–Crippen MR) is 106 cm³/mol. The number of aryl methyl sites for hydroxylation is 1. The monoisotopic (exact) mass is 377 g/mol. The number of methoxy groups -OCH3 is 1. The molecule has 0 bridgehead atoms. The largest absolute Gasteiger partial charge is 0.493 e. The van der Waals surface area contributed by atoms with Crippen molar-refractivity contribution in [2.75, 3.05) is 13.7 Å². The summed E-state index contributed by atoms with van der Waals surface area (Å²) in [6, 6.07) is 8.71. The Balaban J connectivity index is 1.87. The molecule has 2 aromatic heterocycles. The van der Waals surface area contributed by atoms with Crippen LogP contribution in [0.4, 0.5) is 4.39 Å². The number of imidazole rings is 1. The van der Waals surface area contributed by atoms with E-state index in [-0.39, 0.29) is 11.7 Å². The van der Waals surface area contributed by atoms with Crippen molar-refractivity contribution in [3.8, 4) is 22.6 Å². The van der Waals surface area contributed by atoms with E-state index in [1.165, 1.54) is 6.07 Å². The van der Waals surface area contributed by atoms with E-state index < -0.39 is 0 Å². The lowest BCUT2D eigenvalue weighted by atomic mass is 9.98. The molecule has 1 aliphatic heterocycles. The zero-order valence-corrected chi connectivity index (χ0v) is 15.6. The number of pyridine rings is 1. The van der Waals surface area contributed by atoms with Gasteiger partial charge in [-0.1, -0.05) is 11.6 Å². The lowest BCUT2D eigenvalue weighted by Crippen LogP contribution is -2.23. The van der Waals surface area contributed by atoms with Gasteiger partial charge in [-0.3, -0.25) is 9.98 Å². The highest BCUT2D eigenvalue weighted by Crippen LogP contribution is 2.34. The molecule has 0 aliphatic carbocycles. The van der Waals surface area contributed by atoms with Crippen LogP contribution >= 0.6 is 0 Å². The normalized spacial score (nSPS) is 16.5. The van der Waals surface area contributed by atoms with Gasteiger partial charge in [0.2, 0.25) is 0 Å². The summed E-state index contributed by atoms with van der Waals surface area (Å²) in [7, 11) is 1.56. The van der Waals surface area contributed by atoms with Crippen molar-refractivity contribution in [2.45, 2.75) is 12.8 Å². The van der Waals surface area contributed by atoms with E-state index in [0.717, 1.165) is 22.5 Å². The zero-order valence-electron chi connectivity index (χ0n) is 15.6. The number of nitrogens with one attached hydrogen (secondary N) is 1. The van der Waals surface area contributed by atoms with Crippen LogP contribution in [0.15, 0.2) is 59.6 Å². The molecule has 0 saturated heterocycles. The standard InChI is InChI=1S/C21H20FN5O/c1-12-3-4-16(22)15(9-12)21-26-18(13-5-7-24-8-6-13)19(27-21)14-10-17(28-2)20(23)25-11-14/h3-10,14H,11H2,1-2H3,(H2,23,25)(H,26,27). The molecule has 142 valence electrons. The SMILES string of the molecule is COC1=CC(c2[nH]c(-c3cc(C)ccc3F)nc2-c2ccncc2)CN=C1N. The molecule has 0 spiro atoms. The third-order valence-electron chi connectivity index (χ3n) is 4.72. The number of rotatable bonds is 4. The Morgan fingerprint density at radius 2 is 2.00 bits per heavy atom. The molecule has 3 aromatic rings. The topological polar surface area (TPSA) is 89.2 Å². The Kier molecular flexibility index (Phi) is 4.65. The minimum Gasteiger partial charge on any atom is -0.493 e. The summed E-state index contributed by atoms with van der Waals surface area (Å²) >= 11 is 0. The number of halogens is 1. The van der Waals surface area contributed by atoms with Gasteiger partial charge >= 0.3 is 0 Å². The van der Waals surface area contributed by atoms with Crippen molar-refractivity contribution >= 4 is 5.84 Å². The molecule has 0 amide bonds. The molecule has 1 atom stereocenters. The Labute approximate surface area is 162 Å². The zero-order chi connectivity index (χ0) is 19.7. The predicted octanol–water partition coefficient (Wildman–Crippen LogP) is 3.57. The van der Waals surface area contributed by atoms with Gasteiger partial charge in [0.15, 0.2) is 11.6 Å². The van der Waals surface area contributed by atoms with Crippen LogP contribution in [0.5, 0.6) is 0 Å². The van der Waals surface area contributed by atoms with Crippen molar-refractivity contribution in [1.29, 1.82) is 0 Å². The first kappa shape index (κ1) is 17.9.